The molecule has 0 bridgehead atoms. The summed E-state index contributed by atoms with van der Waals surface area (Å²) in [6.45, 7) is 1.85. The summed E-state index contributed by atoms with van der Waals surface area (Å²) < 4.78 is 19.2. The molecule has 0 saturated carbocycles. The number of oxazole rings is 1. The van der Waals surface area contributed by atoms with Gasteiger partial charge in [-0.05, 0) is 31.2 Å². The van der Waals surface area contributed by atoms with Crippen molar-refractivity contribution in [3.8, 4) is 0 Å². The van der Waals surface area contributed by atoms with Crippen molar-refractivity contribution >= 4 is 22.8 Å². The van der Waals surface area contributed by atoms with Gasteiger partial charge in [0.1, 0.15) is 11.3 Å². The summed E-state index contributed by atoms with van der Waals surface area (Å²) in [5.74, 6) is -0.257. The van der Waals surface area contributed by atoms with Gasteiger partial charge in [0.05, 0.1) is 6.04 Å². The molecule has 0 spiro atoms. The van der Waals surface area contributed by atoms with Crippen LogP contribution in [0.5, 0.6) is 0 Å². The van der Waals surface area contributed by atoms with Crippen LogP contribution in [0.1, 0.15) is 18.5 Å². The van der Waals surface area contributed by atoms with E-state index in [0.29, 0.717) is 28.4 Å². The molecule has 2 aromatic carbocycles. The Morgan fingerprint density at radius 2 is 2.05 bits per heavy atom. The van der Waals surface area contributed by atoms with Crippen LogP contribution in [0.2, 0.25) is 0 Å². The van der Waals surface area contributed by atoms with Crippen molar-refractivity contribution in [3.63, 3.8) is 0 Å². The number of rotatable bonds is 3. The van der Waals surface area contributed by atoms with Crippen LogP contribution < -0.4 is 11.1 Å². The first-order valence-electron chi connectivity index (χ1n) is 6.30. The molecule has 0 aliphatic heterocycles. The van der Waals surface area contributed by atoms with E-state index in [-0.39, 0.29) is 11.9 Å². The molecular formula is C15H14FN3O. The summed E-state index contributed by atoms with van der Waals surface area (Å²) >= 11 is 0. The molecule has 1 heterocycles. The molecule has 102 valence electrons. The van der Waals surface area contributed by atoms with E-state index in [4.69, 9.17) is 10.2 Å². The van der Waals surface area contributed by atoms with Gasteiger partial charge in [-0.25, -0.2) is 4.39 Å². The predicted octanol–water partition coefficient (Wildman–Crippen LogP) is 3.72. The molecule has 20 heavy (non-hydrogen) atoms. The monoisotopic (exact) mass is 271 g/mol. The highest BCUT2D eigenvalue weighted by molar-refractivity contribution is 5.78. The molecule has 0 aliphatic rings. The standard InChI is InChI=1S/C15H14FN3O/c1-9(11-4-2-3-5-12(11)16)18-15-19-13-8-10(17)6-7-14(13)20-15/h2-9H,17H2,1H3,(H,18,19). The van der Waals surface area contributed by atoms with Crippen molar-refractivity contribution in [2.45, 2.75) is 13.0 Å². The summed E-state index contributed by atoms with van der Waals surface area (Å²) in [6.07, 6.45) is 0. The molecule has 5 heteroatoms. The summed E-state index contributed by atoms with van der Waals surface area (Å²) in [7, 11) is 0. The molecule has 0 fully saturated rings. The third-order valence-electron chi connectivity index (χ3n) is 3.12. The summed E-state index contributed by atoms with van der Waals surface area (Å²) in [6, 6.07) is 12.0. The fourth-order valence-electron chi connectivity index (χ4n) is 2.10. The van der Waals surface area contributed by atoms with Crippen LogP contribution in [0.3, 0.4) is 0 Å². The molecule has 1 atom stereocenters. The Bertz CT molecular complexity index is 754. The molecule has 1 unspecified atom stereocenters. The molecule has 0 amide bonds. The Hall–Kier alpha value is -2.56. The molecule has 0 aliphatic carbocycles. The van der Waals surface area contributed by atoms with Crippen LogP contribution in [0, 0.1) is 5.82 Å². The van der Waals surface area contributed by atoms with Gasteiger partial charge in [-0.3, -0.25) is 0 Å². The van der Waals surface area contributed by atoms with Crippen molar-refractivity contribution in [2.24, 2.45) is 0 Å². The van der Waals surface area contributed by atoms with Gasteiger partial charge >= 0.3 is 0 Å². The van der Waals surface area contributed by atoms with E-state index in [9.17, 15) is 4.39 Å². The van der Waals surface area contributed by atoms with Crippen LogP contribution in [-0.4, -0.2) is 4.98 Å². The molecular weight excluding hydrogens is 257 g/mol. The van der Waals surface area contributed by atoms with E-state index < -0.39 is 0 Å². The maximum atomic E-state index is 13.7. The number of hydrogen-bond donors (Lipinski definition) is 2. The van der Waals surface area contributed by atoms with E-state index in [2.05, 4.69) is 10.3 Å². The Balaban J connectivity index is 1.87. The highest BCUT2D eigenvalue weighted by Gasteiger charge is 2.13. The average molecular weight is 271 g/mol. The third kappa shape index (κ3) is 2.30. The first kappa shape index (κ1) is 12.5. The SMILES string of the molecule is CC(Nc1nc2cc(N)ccc2o1)c1ccccc1F. The quantitative estimate of drug-likeness (QED) is 0.712. The van der Waals surface area contributed by atoms with Crippen LogP contribution in [0.4, 0.5) is 16.1 Å². The number of fused-ring (bicyclic) bond motifs is 1. The van der Waals surface area contributed by atoms with Crippen LogP contribution >= 0.6 is 0 Å². The summed E-state index contributed by atoms with van der Waals surface area (Å²) in [4.78, 5) is 4.29. The van der Waals surface area contributed by atoms with Crippen molar-refractivity contribution in [1.82, 2.24) is 4.98 Å². The lowest BCUT2D eigenvalue weighted by atomic mass is 10.1. The molecule has 0 radical (unpaired) electrons. The van der Waals surface area contributed by atoms with Gasteiger partial charge in [0, 0.05) is 11.3 Å². The second kappa shape index (κ2) is 4.85. The summed E-state index contributed by atoms with van der Waals surface area (Å²) in [5, 5.41) is 3.05. The summed E-state index contributed by atoms with van der Waals surface area (Å²) in [5.41, 5.74) is 8.20. The zero-order valence-corrected chi connectivity index (χ0v) is 10.9. The Morgan fingerprint density at radius 3 is 2.85 bits per heavy atom. The Kier molecular flexibility index (Phi) is 3.02. The van der Waals surface area contributed by atoms with Gasteiger partial charge in [0.2, 0.25) is 0 Å². The van der Waals surface area contributed by atoms with E-state index in [0.717, 1.165) is 0 Å². The zero-order valence-electron chi connectivity index (χ0n) is 10.9. The van der Waals surface area contributed by atoms with Crippen LogP contribution in [0.15, 0.2) is 46.9 Å². The number of nitrogen functional groups attached to an aromatic ring is 1. The van der Waals surface area contributed by atoms with E-state index in [1.165, 1.54) is 6.07 Å². The molecule has 3 rings (SSSR count). The second-order valence-electron chi connectivity index (χ2n) is 4.63. The fourth-order valence-corrected chi connectivity index (χ4v) is 2.10. The van der Waals surface area contributed by atoms with E-state index >= 15 is 0 Å². The number of hydrogen-bond acceptors (Lipinski definition) is 4. The van der Waals surface area contributed by atoms with Crippen molar-refractivity contribution in [3.05, 3.63) is 53.8 Å². The van der Waals surface area contributed by atoms with E-state index in [1.807, 2.05) is 6.92 Å². The maximum Gasteiger partial charge on any atom is 0.296 e. The topological polar surface area (TPSA) is 64.1 Å². The van der Waals surface area contributed by atoms with Crippen molar-refractivity contribution < 1.29 is 8.81 Å². The number of nitrogens with two attached hydrogens (primary N) is 1. The van der Waals surface area contributed by atoms with Gasteiger partial charge in [0.25, 0.3) is 6.01 Å². The predicted molar refractivity (Wildman–Crippen MR) is 76.9 cm³/mol. The lowest BCUT2D eigenvalue weighted by molar-refractivity contribution is 0.580. The lowest BCUT2D eigenvalue weighted by Crippen LogP contribution is -2.08. The minimum absolute atomic E-state index is 0.249. The molecule has 0 saturated heterocycles. The molecule has 1 aromatic heterocycles. The van der Waals surface area contributed by atoms with Gasteiger partial charge in [-0.2, -0.15) is 4.98 Å². The number of nitrogens with one attached hydrogen (secondary N) is 1. The average Bonchev–Trinajstić information content (AvgIpc) is 2.80. The van der Waals surface area contributed by atoms with Crippen LogP contribution in [0.25, 0.3) is 11.1 Å². The van der Waals surface area contributed by atoms with Crippen molar-refractivity contribution in [1.29, 1.82) is 0 Å². The molecule has 3 aromatic rings. The number of halogens is 1. The van der Waals surface area contributed by atoms with Gasteiger partial charge in [-0.15, -0.1) is 0 Å². The number of anilines is 2. The highest BCUT2D eigenvalue weighted by atomic mass is 19.1. The van der Waals surface area contributed by atoms with Gasteiger partial charge in [-0.1, -0.05) is 18.2 Å². The smallest absolute Gasteiger partial charge is 0.296 e. The largest absolute Gasteiger partial charge is 0.424 e. The minimum Gasteiger partial charge on any atom is -0.424 e. The Morgan fingerprint density at radius 1 is 1.25 bits per heavy atom. The number of aromatic nitrogens is 1. The van der Waals surface area contributed by atoms with Crippen LogP contribution in [-0.2, 0) is 0 Å². The minimum atomic E-state index is -0.257. The number of benzene rings is 2. The van der Waals surface area contributed by atoms with Crippen molar-refractivity contribution in [2.75, 3.05) is 11.1 Å². The normalized spacial score (nSPS) is 12.5. The third-order valence-corrected chi connectivity index (χ3v) is 3.12. The van der Waals surface area contributed by atoms with Gasteiger partial charge < -0.3 is 15.5 Å². The fraction of sp³-hybridized carbons (Fsp3) is 0.133. The zero-order chi connectivity index (χ0) is 14.1. The first-order chi connectivity index (χ1) is 9.63. The maximum absolute atomic E-state index is 13.7. The molecule has 4 nitrogen and oxygen atoms in total. The highest BCUT2D eigenvalue weighted by Crippen LogP contribution is 2.25. The lowest BCUT2D eigenvalue weighted by Gasteiger charge is -2.12. The second-order valence-corrected chi connectivity index (χ2v) is 4.63. The Labute approximate surface area is 115 Å². The van der Waals surface area contributed by atoms with Gasteiger partial charge in [0.15, 0.2) is 5.58 Å². The van der Waals surface area contributed by atoms with E-state index in [1.54, 1.807) is 36.4 Å². The molecule has 3 N–H and O–H groups in total. The first-order valence-corrected chi connectivity index (χ1v) is 6.30. The number of nitrogens with zero attached hydrogens (tertiary/aromatic N) is 1.